The predicted octanol–water partition coefficient (Wildman–Crippen LogP) is 9.27. The van der Waals surface area contributed by atoms with Crippen LogP contribution in [0.1, 0.15) is 45.3 Å². The number of carbonyl (C=O) groups is 3. The second kappa shape index (κ2) is 16.4. The van der Waals surface area contributed by atoms with Gasteiger partial charge < -0.3 is 20.5 Å². The molecule has 0 aliphatic carbocycles. The molecular weight excluding hydrogens is 699 g/mol. The van der Waals surface area contributed by atoms with Crippen molar-refractivity contribution in [3.05, 3.63) is 160 Å². The van der Waals surface area contributed by atoms with Gasteiger partial charge in [-0.05, 0) is 78.2 Å². The lowest BCUT2D eigenvalue weighted by Gasteiger charge is -2.17. The first-order valence-corrected chi connectivity index (χ1v) is 17.3. The van der Waals surface area contributed by atoms with E-state index in [0.717, 1.165) is 23.2 Å². The lowest BCUT2D eigenvalue weighted by molar-refractivity contribution is -0.139. The average Bonchev–Trinajstić information content (AvgIpc) is 3.57. The van der Waals surface area contributed by atoms with E-state index < -0.39 is 23.8 Å². The van der Waals surface area contributed by atoms with Crippen LogP contribution in [0, 0.1) is 0 Å². The SMILES string of the molecule is CCCc1c(C(=O)Nc2ccc(Cl)cc2C(=O)NC(Cc2ccc(-c3ccccc3Oc3ccccc3)cc2)C(=O)O)cnn1-c1ccc(Cl)cc1. The zero-order valence-electron chi connectivity index (χ0n) is 28.1. The van der Waals surface area contributed by atoms with Crippen molar-refractivity contribution in [2.24, 2.45) is 0 Å². The van der Waals surface area contributed by atoms with E-state index in [1.165, 1.54) is 24.4 Å². The minimum Gasteiger partial charge on any atom is -0.480 e. The van der Waals surface area contributed by atoms with Crippen LogP contribution in [0.15, 0.2) is 128 Å². The van der Waals surface area contributed by atoms with Crippen molar-refractivity contribution < 1.29 is 24.2 Å². The number of ether oxygens (including phenoxy) is 1. The molecule has 2 amide bonds. The van der Waals surface area contributed by atoms with Crippen molar-refractivity contribution in [3.8, 4) is 28.3 Å². The topological polar surface area (TPSA) is 123 Å². The zero-order valence-corrected chi connectivity index (χ0v) is 29.6. The number of carbonyl (C=O) groups excluding carboxylic acids is 2. The Morgan fingerprint density at radius 2 is 1.50 bits per heavy atom. The molecule has 0 bridgehead atoms. The quantitative estimate of drug-likeness (QED) is 0.109. The molecule has 9 nitrogen and oxygen atoms in total. The number of benzene rings is 5. The highest BCUT2D eigenvalue weighted by molar-refractivity contribution is 6.31. The number of hydrogen-bond acceptors (Lipinski definition) is 5. The Balaban J connectivity index is 1.18. The van der Waals surface area contributed by atoms with Gasteiger partial charge in [-0.25, -0.2) is 9.48 Å². The van der Waals surface area contributed by atoms with E-state index in [0.29, 0.717) is 39.8 Å². The van der Waals surface area contributed by atoms with Crippen molar-refractivity contribution in [3.63, 3.8) is 0 Å². The normalized spacial score (nSPS) is 11.4. The van der Waals surface area contributed by atoms with Gasteiger partial charge in [0, 0.05) is 22.0 Å². The Labute approximate surface area is 310 Å². The summed E-state index contributed by atoms with van der Waals surface area (Å²) in [6, 6.07) is 34.8. The highest BCUT2D eigenvalue weighted by Crippen LogP contribution is 2.33. The van der Waals surface area contributed by atoms with Gasteiger partial charge >= 0.3 is 5.97 Å². The minimum absolute atomic E-state index is 0.00995. The third-order valence-corrected chi connectivity index (χ3v) is 8.80. The highest BCUT2D eigenvalue weighted by Gasteiger charge is 2.25. The fourth-order valence-electron chi connectivity index (χ4n) is 5.75. The molecule has 0 radical (unpaired) electrons. The lowest BCUT2D eigenvalue weighted by Crippen LogP contribution is -2.42. The summed E-state index contributed by atoms with van der Waals surface area (Å²) in [5, 5.41) is 20.8. The molecule has 1 atom stereocenters. The number of aliphatic carboxylic acids is 1. The monoisotopic (exact) mass is 732 g/mol. The van der Waals surface area contributed by atoms with Crippen LogP contribution in [-0.4, -0.2) is 38.7 Å². The molecule has 6 aromatic rings. The van der Waals surface area contributed by atoms with E-state index in [9.17, 15) is 19.5 Å². The summed E-state index contributed by atoms with van der Waals surface area (Å²) in [4.78, 5) is 39.6. The first-order valence-electron chi connectivity index (χ1n) is 16.6. The van der Waals surface area contributed by atoms with E-state index in [-0.39, 0.29) is 22.7 Å². The minimum atomic E-state index is -1.27. The Morgan fingerprint density at radius 1 is 0.808 bits per heavy atom. The van der Waals surface area contributed by atoms with Crippen LogP contribution < -0.4 is 15.4 Å². The highest BCUT2D eigenvalue weighted by atomic mass is 35.5. The van der Waals surface area contributed by atoms with Crippen LogP contribution in [0.2, 0.25) is 10.0 Å². The van der Waals surface area contributed by atoms with Crippen LogP contribution in [0.25, 0.3) is 16.8 Å². The van der Waals surface area contributed by atoms with Crippen LogP contribution in [-0.2, 0) is 17.6 Å². The van der Waals surface area contributed by atoms with Gasteiger partial charge in [-0.15, -0.1) is 0 Å². The molecule has 1 heterocycles. The van der Waals surface area contributed by atoms with Gasteiger partial charge in [0.05, 0.1) is 34.4 Å². The number of nitrogens with one attached hydrogen (secondary N) is 2. The summed E-state index contributed by atoms with van der Waals surface area (Å²) in [6.07, 6.45) is 2.80. The second-order valence-electron chi connectivity index (χ2n) is 12.0. The number of carboxylic acid groups (broad SMARTS) is 1. The molecule has 6 rings (SSSR count). The van der Waals surface area contributed by atoms with Gasteiger partial charge in [-0.3, -0.25) is 9.59 Å². The molecule has 3 N–H and O–H groups in total. The van der Waals surface area contributed by atoms with E-state index >= 15 is 0 Å². The molecule has 52 heavy (non-hydrogen) atoms. The molecule has 1 aromatic heterocycles. The van der Waals surface area contributed by atoms with E-state index in [2.05, 4.69) is 15.7 Å². The summed E-state index contributed by atoms with van der Waals surface area (Å²) in [5.41, 5.74) is 4.39. The molecule has 0 aliphatic heterocycles. The molecule has 0 aliphatic rings. The fourth-order valence-corrected chi connectivity index (χ4v) is 6.05. The third-order valence-electron chi connectivity index (χ3n) is 8.31. The number of hydrogen-bond donors (Lipinski definition) is 3. The van der Waals surface area contributed by atoms with Crippen molar-refractivity contribution in [1.82, 2.24) is 15.1 Å². The van der Waals surface area contributed by atoms with Crippen molar-refractivity contribution >= 4 is 46.7 Å². The van der Waals surface area contributed by atoms with E-state index in [1.807, 2.05) is 97.9 Å². The van der Waals surface area contributed by atoms with Crippen LogP contribution in [0.3, 0.4) is 0 Å². The molecule has 1 unspecified atom stereocenters. The first kappa shape index (κ1) is 35.9. The number of aromatic nitrogens is 2. The van der Waals surface area contributed by atoms with Crippen LogP contribution >= 0.6 is 23.2 Å². The van der Waals surface area contributed by atoms with Crippen LogP contribution in [0.4, 0.5) is 5.69 Å². The van der Waals surface area contributed by atoms with Crippen molar-refractivity contribution in [1.29, 1.82) is 0 Å². The Bertz CT molecular complexity index is 2200. The largest absolute Gasteiger partial charge is 0.480 e. The molecule has 5 aromatic carbocycles. The Hall–Kier alpha value is -5.90. The summed E-state index contributed by atoms with van der Waals surface area (Å²) < 4.78 is 7.80. The summed E-state index contributed by atoms with van der Waals surface area (Å²) >= 11 is 12.3. The number of nitrogens with zero attached hydrogens (tertiary/aromatic N) is 2. The Kier molecular flexibility index (Phi) is 11.3. The molecule has 0 spiro atoms. The number of amides is 2. The smallest absolute Gasteiger partial charge is 0.326 e. The third kappa shape index (κ3) is 8.51. The number of carboxylic acids is 1. The average molecular weight is 734 g/mol. The van der Waals surface area contributed by atoms with Crippen LogP contribution in [0.5, 0.6) is 11.5 Å². The predicted molar refractivity (Wildman–Crippen MR) is 203 cm³/mol. The molecular formula is C41H34Cl2N4O5. The van der Waals surface area contributed by atoms with Gasteiger partial charge in [-0.1, -0.05) is 97.2 Å². The summed E-state index contributed by atoms with van der Waals surface area (Å²) in [5.74, 6) is -1.02. The maximum atomic E-state index is 13.6. The molecule has 0 saturated heterocycles. The van der Waals surface area contributed by atoms with Gasteiger partial charge in [0.2, 0.25) is 0 Å². The molecule has 0 fully saturated rings. The summed E-state index contributed by atoms with van der Waals surface area (Å²) in [6.45, 7) is 2.00. The van der Waals surface area contributed by atoms with Gasteiger partial charge in [0.25, 0.3) is 11.8 Å². The summed E-state index contributed by atoms with van der Waals surface area (Å²) in [7, 11) is 0. The van der Waals surface area contributed by atoms with Gasteiger partial charge in [0.1, 0.15) is 17.5 Å². The number of para-hydroxylation sites is 2. The van der Waals surface area contributed by atoms with Gasteiger partial charge in [0.15, 0.2) is 0 Å². The second-order valence-corrected chi connectivity index (χ2v) is 12.8. The molecule has 0 saturated carbocycles. The zero-order chi connectivity index (χ0) is 36.6. The molecule has 11 heteroatoms. The number of anilines is 1. The van der Waals surface area contributed by atoms with E-state index in [1.54, 1.807) is 16.8 Å². The van der Waals surface area contributed by atoms with Gasteiger partial charge in [-0.2, -0.15) is 5.10 Å². The number of rotatable bonds is 13. The standard InChI is InChI=1S/C41H34Cl2N4O5/c1-2-8-37-34(25-44-47(37)30-20-17-28(42)18-21-30)40(49)45-35-22-19-29(43)24-33(35)39(48)46-36(41(50)51)23-26-13-15-27(16-14-26)32-11-6-7-12-38(32)52-31-9-4-3-5-10-31/h3-7,9-22,24-25,36H,2,8,23H2,1H3,(H,45,49)(H,46,48)(H,50,51). The maximum Gasteiger partial charge on any atom is 0.326 e. The van der Waals surface area contributed by atoms with Crippen molar-refractivity contribution in [2.75, 3.05) is 5.32 Å². The van der Waals surface area contributed by atoms with Crippen molar-refractivity contribution in [2.45, 2.75) is 32.2 Å². The first-order chi connectivity index (χ1) is 25.2. The Morgan fingerprint density at radius 3 is 2.21 bits per heavy atom. The fraction of sp³-hybridized carbons (Fsp3) is 0.122. The van der Waals surface area contributed by atoms with E-state index in [4.69, 9.17) is 27.9 Å². The number of halogens is 2. The lowest BCUT2D eigenvalue weighted by atomic mass is 9.99. The molecule has 262 valence electrons. The maximum absolute atomic E-state index is 13.6.